The average Bonchev–Trinajstić information content (AvgIpc) is 3.14. The highest BCUT2D eigenvalue weighted by atomic mass is 32.2. The number of fused-ring (bicyclic) bond motifs is 1. The van der Waals surface area contributed by atoms with E-state index in [2.05, 4.69) is 10.3 Å². The van der Waals surface area contributed by atoms with Gasteiger partial charge in [-0.25, -0.2) is 4.98 Å². The molecule has 1 atom stereocenters. The van der Waals surface area contributed by atoms with Gasteiger partial charge < -0.3 is 14.3 Å². The quantitative estimate of drug-likeness (QED) is 0.735. The molecule has 1 amide bonds. The molecular formula is C16H17N3O2S. The molecule has 0 aliphatic rings. The van der Waals surface area contributed by atoms with Crippen LogP contribution in [0.4, 0.5) is 0 Å². The maximum atomic E-state index is 12.0. The Labute approximate surface area is 132 Å². The van der Waals surface area contributed by atoms with Gasteiger partial charge in [0.05, 0.1) is 29.1 Å². The van der Waals surface area contributed by atoms with Crippen molar-refractivity contribution in [3.05, 3.63) is 48.4 Å². The van der Waals surface area contributed by atoms with E-state index in [0.29, 0.717) is 5.75 Å². The number of thioether (sulfide) groups is 1. The van der Waals surface area contributed by atoms with Crippen LogP contribution >= 0.6 is 11.8 Å². The van der Waals surface area contributed by atoms with Gasteiger partial charge in [0.15, 0.2) is 5.16 Å². The van der Waals surface area contributed by atoms with Gasteiger partial charge in [0, 0.05) is 7.05 Å². The Hall–Kier alpha value is -2.21. The molecule has 0 bridgehead atoms. The van der Waals surface area contributed by atoms with Crippen molar-refractivity contribution in [3.63, 3.8) is 0 Å². The third kappa shape index (κ3) is 3.01. The summed E-state index contributed by atoms with van der Waals surface area (Å²) in [6.45, 7) is 1.90. The molecule has 3 rings (SSSR count). The highest BCUT2D eigenvalue weighted by molar-refractivity contribution is 7.99. The smallest absolute Gasteiger partial charge is 0.231 e. The van der Waals surface area contributed by atoms with Gasteiger partial charge in [0.2, 0.25) is 5.91 Å². The lowest BCUT2D eigenvalue weighted by Gasteiger charge is -2.11. The zero-order valence-electron chi connectivity index (χ0n) is 12.4. The van der Waals surface area contributed by atoms with Gasteiger partial charge >= 0.3 is 0 Å². The lowest BCUT2D eigenvalue weighted by atomic mass is 10.2. The Kier molecular flexibility index (Phi) is 4.20. The van der Waals surface area contributed by atoms with Gasteiger partial charge in [-0.15, -0.1) is 0 Å². The van der Waals surface area contributed by atoms with Gasteiger partial charge in [-0.1, -0.05) is 23.9 Å². The van der Waals surface area contributed by atoms with Crippen LogP contribution in [0.1, 0.15) is 18.7 Å². The zero-order chi connectivity index (χ0) is 15.5. The highest BCUT2D eigenvalue weighted by Gasteiger charge is 2.14. The monoisotopic (exact) mass is 315 g/mol. The van der Waals surface area contributed by atoms with Crippen molar-refractivity contribution in [2.24, 2.45) is 7.05 Å². The summed E-state index contributed by atoms with van der Waals surface area (Å²) in [6.07, 6.45) is 1.60. The molecule has 0 saturated carbocycles. The second kappa shape index (κ2) is 6.27. The number of nitrogens with zero attached hydrogens (tertiary/aromatic N) is 2. The Morgan fingerprint density at radius 2 is 2.18 bits per heavy atom. The van der Waals surface area contributed by atoms with E-state index in [-0.39, 0.29) is 11.9 Å². The van der Waals surface area contributed by atoms with Crippen LogP contribution in [0.3, 0.4) is 0 Å². The number of hydrogen-bond acceptors (Lipinski definition) is 4. The number of nitrogens with one attached hydrogen (secondary N) is 1. The molecule has 0 aliphatic carbocycles. The van der Waals surface area contributed by atoms with Crippen LogP contribution in [0.5, 0.6) is 0 Å². The topological polar surface area (TPSA) is 60.1 Å². The fourth-order valence-corrected chi connectivity index (χ4v) is 3.07. The van der Waals surface area contributed by atoms with Crippen molar-refractivity contribution in [3.8, 4) is 0 Å². The number of carbonyl (C=O) groups is 1. The minimum Gasteiger partial charge on any atom is -0.467 e. The van der Waals surface area contributed by atoms with Gasteiger partial charge in [0.1, 0.15) is 5.76 Å². The largest absolute Gasteiger partial charge is 0.467 e. The standard InChI is InChI=1S/C16H17N3O2S/c1-11(14-8-5-9-21-14)17-15(20)10-22-16-18-12-6-3-4-7-13(12)19(16)2/h3-9,11H,10H2,1-2H3,(H,17,20). The molecule has 1 N–H and O–H groups in total. The summed E-state index contributed by atoms with van der Waals surface area (Å²) in [7, 11) is 1.96. The fraction of sp³-hybridized carbons (Fsp3) is 0.250. The molecule has 22 heavy (non-hydrogen) atoms. The minimum atomic E-state index is -0.136. The van der Waals surface area contributed by atoms with Crippen LogP contribution < -0.4 is 5.32 Å². The molecule has 5 nitrogen and oxygen atoms in total. The molecule has 0 aliphatic heterocycles. The Morgan fingerprint density at radius 1 is 1.36 bits per heavy atom. The zero-order valence-corrected chi connectivity index (χ0v) is 13.3. The van der Waals surface area contributed by atoms with Gasteiger partial charge in [0.25, 0.3) is 0 Å². The number of imidazole rings is 1. The molecule has 3 aromatic rings. The summed E-state index contributed by atoms with van der Waals surface area (Å²) in [4.78, 5) is 16.6. The molecule has 114 valence electrons. The number of aryl methyl sites for hydroxylation is 1. The molecule has 1 aromatic carbocycles. The second-order valence-electron chi connectivity index (χ2n) is 5.04. The maximum absolute atomic E-state index is 12.0. The van der Waals surface area contributed by atoms with Crippen molar-refractivity contribution in [2.75, 3.05) is 5.75 Å². The van der Waals surface area contributed by atoms with E-state index in [0.717, 1.165) is 22.0 Å². The van der Waals surface area contributed by atoms with Crippen LogP contribution in [0.25, 0.3) is 11.0 Å². The molecule has 0 radical (unpaired) electrons. The molecule has 2 heterocycles. The average molecular weight is 315 g/mol. The lowest BCUT2D eigenvalue weighted by Crippen LogP contribution is -2.28. The Balaban J connectivity index is 1.61. The van der Waals surface area contributed by atoms with Crippen molar-refractivity contribution in [1.29, 1.82) is 0 Å². The fourth-order valence-electron chi connectivity index (χ4n) is 2.27. The van der Waals surface area contributed by atoms with E-state index in [1.807, 2.05) is 54.9 Å². The number of amides is 1. The van der Waals surface area contributed by atoms with Gasteiger partial charge in [-0.2, -0.15) is 0 Å². The first-order valence-corrected chi connectivity index (χ1v) is 8.00. The number of rotatable bonds is 5. The molecular weight excluding hydrogens is 298 g/mol. The predicted molar refractivity (Wildman–Crippen MR) is 86.7 cm³/mol. The van der Waals surface area contributed by atoms with E-state index >= 15 is 0 Å². The van der Waals surface area contributed by atoms with Gasteiger partial charge in [-0.3, -0.25) is 4.79 Å². The van der Waals surface area contributed by atoms with Crippen LogP contribution in [0.15, 0.2) is 52.2 Å². The van der Waals surface area contributed by atoms with Crippen LogP contribution in [0.2, 0.25) is 0 Å². The summed E-state index contributed by atoms with van der Waals surface area (Å²) >= 11 is 1.43. The van der Waals surface area contributed by atoms with Crippen molar-refractivity contribution < 1.29 is 9.21 Å². The molecule has 0 saturated heterocycles. The van der Waals surface area contributed by atoms with Crippen molar-refractivity contribution in [1.82, 2.24) is 14.9 Å². The summed E-state index contributed by atoms with van der Waals surface area (Å²) in [6, 6.07) is 11.5. The van der Waals surface area contributed by atoms with E-state index in [9.17, 15) is 4.79 Å². The van der Waals surface area contributed by atoms with Gasteiger partial charge in [-0.05, 0) is 31.2 Å². The lowest BCUT2D eigenvalue weighted by molar-refractivity contribution is -0.119. The van der Waals surface area contributed by atoms with E-state index in [4.69, 9.17) is 4.42 Å². The summed E-state index contributed by atoms with van der Waals surface area (Å²) in [5.41, 5.74) is 2.01. The first kappa shape index (κ1) is 14.7. The number of benzene rings is 1. The van der Waals surface area contributed by atoms with E-state index in [1.165, 1.54) is 11.8 Å². The number of furan rings is 1. The third-order valence-electron chi connectivity index (χ3n) is 3.43. The summed E-state index contributed by atoms with van der Waals surface area (Å²) in [5.74, 6) is 1.03. The third-order valence-corrected chi connectivity index (χ3v) is 4.46. The van der Waals surface area contributed by atoms with Crippen molar-refractivity contribution in [2.45, 2.75) is 18.1 Å². The molecule has 0 fully saturated rings. The number of carbonyl (C=O) groups excluding carboxylic acids is 1. The summed E-state index contributed by atoms with van der Waals surface area (Å²) < 4.78 is 7.28. The van der Waals surface area contributed by atoms with E-state index < -0.39 is 0 Å². The molecule has 1 unspecified atom stereocenters. The minimum absolute atomic E-state index is 0.0408. The van der Waals surface area contributed by atoms with Crippen molar-refractivity contribution >= 4 is 28.7 Å². The predicted octanol–water partition coefficient (Wildman–Crippen LogP) is 3.14. The SMILES string of the molecule is CC(NC(=O)CSc1nc2ccccc2n1C)c1ccco1. The second-order valence-corrected chi connectivity index (χ2v) is 5.98. The van der Waals surface area contributed by atoms with Crippen LogP contribution in [0, 0.1) is 0 Å². The molecule has 0 spiro atoms. The first-order chi connectivity index (χ1) is 10.6. The number of para-hydroxylation sites is 2. The highest BCUT2D eigenvalue weighted by Crippen LogP contribution is 2.22. The molecule has 2 aromatic heterocycles. The van der Waals surface area contributed by atoms with Crippen LogP contribution in [-0.4, -0.2) is 21.2 Å². The molecule has 6 heteroatoms. The van der Waals surface area contributed by atoms with E-state index in [1.54, 1.807) is 6.26 Å². The number of hydrogen-bond donors (Lipinski definition) is 1. The maximum Gasteiger partial charge on any atom is 0.231 e. The number of aromatic nitrogens is 2. The normalized spacial score (nSPS) is 12.5. The Morgan fingerprint density at radius 3 is 2.91 bits per heavy atom. The first-order valence-electron chi connectivity index (χ1n) is 7.02. The summed E-state index contributed by atoms with van der Waals surface area (Å²) in [5, 5.41) is 3.75. The van der Waals surface area contributed by atoms with Crippen LogP contribution in [-0.2, 0) is 11.8 Å². The Bertz CT molecular complexity index is 780.